The number of benzene rings is 1. The number of nitrogens with zero attached hydrogens (tertiary/aromatic N) is 1. The van der Waals surface area contributed by atoms with Gasteiger partial charge in [-0.3, -0.25) is 4.79 Å². The smallest absolute Gasteiger partial charge is 0.339 e. The summed E-state index contributed by atoms with van der Waals surface area (Å²) in [5.41, 5.74) is 0.621. The van der Waals surface area contributed by atoms with E-state index in [2.05, 4.69) is 5.32 Å². The zero-order valence-corrected chi connectivity index (χ0v) is 10.7. The van der Waals surface area contributed by atoms with Gasteiger partial charge >= 0.3 is 5.97 Å². The van der Waals surface area contributed by atoms with Gasteiger partial charge in [-0.25, -0.2) is 4.79 Å². The number of para-hydroxylation sites is 1. The lowest BCUT2D eigenvalue weighted by Crippen LogP contribution is -2.39. The molecule has 1 heterocycles. The third-order valence-corrected chi connectivity index (χ3v) is 2.97. The van der Waals surface area contributed by atoms with Gasteiger partial charge < -0.3 is 20.1 Å². The highest BCUT2D eigenvalue weighted by Gasteiger charge is 2.26. The van der Waals surface area contributed by atoms with Crippen LogP contribution >= 0.6 is 0 Å². The fourth-order valence-corrected chi connectivity index (χ4v) is 2.04. The average Bonchev–Trinajstić information content (AvgIpc) is 2.43. The van der Waals surface area contributed by atoms with E-state index in [1.165, 1.54) is 6.07 Å². The first-order chi connectivity index (χ1) is 9.15. The Balaban J connectivity index is 2.32. The molecule has 0 unspecified atom stereocenters. The molecule has 0 spiro atoms. The molecule has 1 aromatic rings. The summed E-state index contributed by atoms with van der Waals surface area (Å²) in [6, 6.07) is 4.80. The van der Waals surface area contributed by atoms with E-state index < -0.39 is 5.97 Å². The van der Waals surface area contributed by atoms with Crippen molar-refractivity contribution in [2.75, 3.05) is 31.6 Å². The number of fused-ring (bicyclic) bond motifs is 1. The fourth-order valence-electron chi connectivity index (χ4n) is 2.04. The minimum absolute atomic E-state index is 0.0403. The maximum atomic E-state index is 12.1. The number of carbonyl (C=O) groups is 2. The summed E-state index contributed by atoms with van der Waals surface area (Å²) in [4.78, 5) is 24.8. The van der Waals surface area contributed by atoms with Gasteiger partial charge in [0.1, 0.15) is 12.2 Å². The van der Waals surface area contributed by atoms with E-state index in [9.17, 15) is 9.59 Å². The van der Waals surface area contributed by atoms with Crippen molar-refractivity contribution < 1.29 is 19.4 Å². The molecule has 6 heteroatoms. The van der Waals surface area contributed by atoms with Crippen LogP contribution in [-0.4, -0.2) is 43.7 Å². The van der Waals surface area contributed by atoms with E-state index in [0.29, 0.717) is 31.8 Å². The summed E-state index contributed by atoms with van der Waals surface area (Å²) in [6.07, 6.45) is 0.368. The summed E-state index contributed by atoms with van der Waals surface area (Å²) >= 11 is 0. The van der Waals surface area contributed by atoms with Crippen LogP contribution < -0.4 is 15.0 Å². The standard InChI is InChI=1S/C13H16N2O4/c1-14-6-5-11(16)15-7-8-19-12-9(13(17)18)3-2-4-10(12)15/h2-4,14H,5-8H2,1H3,(H,17,18). The first-order valence-electron chi connectivity index (χ1n) is 6.09. The van der Waals surface area contributed by atoms with Gasteiger partial charge in [0, 0.05) is 13.0 Å². The second-order valence-corrected chi connectivity index (χ2v) is 4.21. The van der Waals surface area contributed by atoms with E-state index in [1.54, 1.807) is 24.1 Å². The van der Waals surface area contributed by atoms with Crippen LogP contribution in [0.25, 0.3) is 0 Å². The van der Waals surface area contributed by atoms with Gasteiger partial charge in [-0.15, -0.1) is 0 Å². The van der Waals surface area contributed by atoms with Crippen LogP contribution in [0.15, 0.2) is 18.2 Å². The number of ether oxygens (including phenoxy) is 1. The lowest BCUT2D eigenvalue weighted by atomic mass is 10.1. The summed E-state index contributed by atoms with van der Waals surface area (Å²) in [5.74, 6) is -0.818. The number of aromatic carboxylic acids is 1. The van der Waals surface area contributed by atoms with Gasteiger partial charge in [-0.2, -0.15) is 0 Å². The van der Waals surface area contributed by atoms with Crippen LogP contribution in [0.4, 0.5) is 5.69 Å². The van der Waals surface area contributed by atoms with Crippen LogP contribution in [-0.2, 0) is 4.79 Å². The minimum atomic E-state index is -1.05. The highest BCUT2D eigenvalue weighted by atomic mass is 16.5. The minimum Gasteiger partial charge on any atom is -0.489 e. The Morgan fingerprint density at radius 2 is 2.26 bits per heavy atom. The molecule has 102 valence electrons. The van der Waals surface area contributed by atoms with Crippen molar-refractivity contribution >= 4 is 17.6 Å². The van der Waals surface area contributed by atoms with Gasteiger partial charge in [-0.05, 0) is 19.2 Å². The molecule has 0 fully saturated rings. The van der Waals surface area contributed by atoms with Gasteiger partial charge in [0.05, 0.1) is 12.2 Å². The third-order valence-electron chi connectivity index (χ3n) is 2.97. The molecule has 0 bridgehead atoms. The Morgan fingerprint density at radius 3 is 2.95 bits per heavy atom. The lowest BCUT2D eigenvalue weighted by Gasteiger charge is -2.30. The number of carboxylic acid groups (broad SMARTS) is 1. The van der Waals surface area contributed by atoms with Crippen molar-refractivity contribution in [2.24, 2.45) is 0 Å². The number of hydrogen-bond acceptors (Lipinski definition) is 4. The Labute approximate surface area is 111 Å². The second kappa shape index (κ2) is 5.71. The fraction of sp³-hybridized carbons (Fsp3) is 0.385. The number of anilines is 1. The Morgan fingerprint density at radius 1 is 1.47 bits per heavy atom. The normalized spacial score (nSPS) is 13.6. The molecule has 1 aromatic carbocycles. The molecule has 0 saturated heterocycles. The first-order valence-corrected chi connectivity index (χ1v) is 6.09. The SMILES string of the molecule is CNCCC(=O)N1CCOc2c(C(=O)O)cccc21. The third kappa shape index (κ3) is 2.68. The van der Waals surface area contributed by atoms with Gasteiger partial charge in [0.25, 0.3) is 0 Å². The molecule has 2 rings (SSSR count). The number of carbonyl (C=O) groups excluding carboxylic acids is 1. The van der Waals surface area contributed by atoms with E-state index in [-0.39, 0.29) is 17.2 Å². The highest BCUT2D eigenvalue weighted by Crippen LogP contribution is 2.35. The Bertz CT molecular complexity index is 501. The van der Waals surface area contributed by atoms with Gasteiger partial charge in [-0.1, -0.05) is 6.07 Å². The Kier molecular flexibility index (Phi) is 4.01. The summed E-state index contributed by atoms with van der Waals surface area (Å²) in [7, 11) is 1.78. The predicted octanol–water partition coefficient (Wildman–Crippen LogP) is 0.720. The molecule has 1 aliphatic heterocycles. The molecular weight excluding hydrogens is 248 g/mol. The lowest BCUT2D eigenvalue weighted by molar-refractivity contribution is -0.118. The van der Waals surface area contributed by atoms with Crippen molar-refractivity contribution in [2.45, 2.75) is 6.42 Å². The number of nitrogens with one attached hydrogen (secondary N) is 1. The van der Waals surface area contributed by atoms with Crippen molar-refractivity contribution in [1.82, 2.24) is 5.32 Å². The molecular formula is C13H16N2O4. The van der Waals surface area contributed by atoms with E-state index in [0.717, 1.165) is 0 Å². The molecule has 6 nitrogen and oxygen atoms in total. The van der Waals surface area contributed by atoms with Crippen LogP contribution in [0.2, 0.25) is 0 Å². The van der Waals surface area contributed by atoms with Crippen molar-refractivity contribution in [3.05, 3.63) is 23.8 Å². The second-order valence-electron chi connectivity index (χ2n) is 4.21. The largest absolute Gasteiger partial charge is 0.489 e. The molecule has 1 amide bonds. The first kappa shape index (κ1) is 13.4. The molecule has 2 N–H and O–H groups in total. The number of rotatable bonds is 4. The molecule has 19 heavy (non-hydrogen) atoms. The molecule has 0 radical (unpaired) electrons. The molecule has 1 aliphatic rings. The quantitative estimate of drug-likeness (QED) is 0.837. The summed E-state index contributed by atoms with van der Waals surface area (Å²) in [6.45, 7) is 1.34. The average molecular weight is 264 g/mol. The zero-order chi connectivity index (χ0) is 13.8. The van der Waals surface area contributed by atoms with Crippen LogP contribution in [0.3, 0.4) is 0 Å². The topological polar surface area (TPSA) is 78.9 Å². The molecule has 0 atom stereocenters. The molecule has 0 saturated carbocycles. The van der Waals surface area contributed by atoms with Crippen molar-refractivity contribution in [3.63, 3.8) is 0 Å². The van der Waals surface area contributed by atoms with Crippen molar-refractivity contribution in [3.8, 4) is 5.75 Å². The van der Waals surface area contributed by atoms with Crippen LogP contribution in [0.5, 0.6) is 5.75 Å². The van der Waals surface area contributed by atoms with E-state index in [1.807, 2.05) is 0 Å². The van der Waals surface area contributed by atoms with Crippen molar-refractivity contribution in [1.29, 1.82) is 0 Å². The summed E-state index contributed by atoms with van der Waals surface area (Å²) in [5, 5.41) is 12.0. The van der Waals surface area contributed by atoms with Gasteiger partial charge in [0.2, 0.25) is 5.91 Å². The van der Waals surface area contributed by atoms with Crippen LogP contribution in [0.1, 0.15) is 16.8 Å². The molecule has 0 aliphatic carbocycles. The van der Waals surface area contributed by atoms with E-state index >= 15 is 0 Å². The number of hydrogen-bond donors (Lipinski definition) is 2. The van der Waals surface area contributed by atoms with E-state index in [4.69, 9.17) is 9.84 Å². The maximum Gasteiger partial charge on any atom is 0.339 e. The predicted molar refractivity (Wildman–Crippen MR) is 69.8 cm³/mol. The van der Waals surface area contributed by atoms with Gasteiger partial charge in [0.15, 0.2) is 5.75 Å². The number of amides is 1. The molecule has 0 aromatic heterocycles. The maximum absolute atomic E-state index is 12.1. The highest BCUT2D eigenvalue weighted by molar-refractivity contribution is 6.00. The zero-order valence-electron chi connectivity index (χ0n) is 10.7. The monoisotopic (exact) mass is 264 g/mol. The van der Waals surface area contributed by atoms with Crippen LogP contribution in [0, 0.1) is 0 Å². The number of carboxylic acids is 1. The summed E-state index contributed by atoms with van der Waals surface area (Å²) < 4.78 is 5.41. The Hall–Kier alpha value is -2.08.